The molecule has 0 spiro atoms. The molecule has 0 fully saturated rings. The molecule has 0 N–H and O–H groups in total. The van der Waals surface area contributed by atoms with Gasteiger partial charge in [-0.1, -0.05) is 78.9 Å². The average molecular weight is 528 g/mol. The molecule has 0 aliphatic carbocycles. The summed E-state index contributed by atoms with van der Waals surface area (Å²) in [6.45, 7) is 0. The van der Waals surface area contributed by atoms with Crippen molar-refractivity contribution in [2.24, 2.45) is 0 Å². The first-order valence-electron chi connectivity index (χ1n) is 13.2. The van der Waals surface area contributed by atoms with Crippen molar-refractivity contribution in [2.75, 3.05) is 0 Å². The van der Waals surface area contributed by atoms with Crippen molar-refractivity contribution in [1.82, 2.24) is 0 Å². The number of nitriles is 1. The van der Waals surface area contributed by atoms with Gasteiger partial charge < -0.3 is 4.42 Å². The van der Waals surface area contributed by atoms with Crippen molar-refractivity contribution in [3.8, 4) is 39.4 Å². The lowest BCUT2D eigenvalue weighted by Crippen LogP contribution is -1.90. The first-order valence-corrected chi connectivity index (χ1v) is 14.1. The predicted molar refractivity (Wildman–Crippen MR) is 168 cm³/mol. The molecule has 0 saturated heterocycles. The Balaban J connectivity index is 1.34. The lowest BCUT2D eigenvalue weighted by atomic mass is 9.88. The second-order valence-corrected chi connectivity index (χ2v) is 11.1. The van der Waals surface area contributed by atoms with Gasteiger partial charge in [0.25, 0.3) is 0 Å². The van der Waals surface area contributed by atoms with E-state index in [1.165, 1.54) is 20.2 Å². The van der Waals surface area contributed by atoms with Crippen LogP contribution in [0.4, 0.5) is 0 Å². The zero-order chi connectivity index (χ0) is 26.6. The standard InChI is InChI=1S/C37H21NOS/c38-22-26-7-1-2-8-27(26)32-19-23(24-14-17-30-29-9-3-5-11-34(29)39-35(30)21-24)13-16-28(32)25-15-18-37-33(20-25)31-10-4-6-12-36(31)40-37/h1-21H. The largest absolute Gasteiger partial charge is 0.456 e. The number of furan rings is 1. The molecule has 0 bridgehead atoms. The Morgan fingerprint density at radius 2 is 1.18 bits per heavy atom. The second kappa shape index (κ2) is 8.95. The molecule has 8 rings (SSSR count). The van der Waals surface area contributed by atoms with E-state index in [0.29, 0.717) is 5.56 Å². The zero-order valence-corrected chi connectivity index (χ0v) is 22.2. The van der Waals surface area contributed by atoms with E-state index in [0.717, 1.165) is 55.3 Å². The number of para-hydroxylation sites is 1. The van der Waals surface area contributed by atoms with Crippen molar-refractivity contribution >= 4 is 53.4 Å². The quantitative estimate of drug-likeness (QED) is 0.229. The van der Waals surface area contributed by atoms with Gasteiger partial charge in [-0.2, -0.15) is 5.26 Å². The van der Waals surface area contributed by atoms with Gasteiger partial charge in [0.1, 0.15) is 11.2 Å². The number of thiophene rings is 1. The monoisotopic (exact) mass is 527 g/mol. The summed E-state index contributed by atoms with van der Waals surface area (Å²) in [7, 11) is 0. The molecule has 0 aliphatic heterocycles. The molecular weight excluding hydrogens is 506 g/mol. The van der Waals surface area contributed by atoms with Gasteiger partial charge in [-0.15, -0.1) is 11.3 Å². The van der Waals surface area contributed by atoms with Crippen molar-refractivity contribution < 1.29 is 4.42 Å². The summed E-state index contributed by atoms with van der Waals surface area (Å²) in [5.74, 6) is 0. The normalized spacial score (nSPS) is 11.5. The lowest BCUT2D eigenvalue weighted by molar-refractivity contribution is 0.669. The number of hydrogen-bond acceptors (Lipinski definition) is 3. The van der Waals surface area contributed by atoms with Gasteiger partial charge in [0.05, 0.1) is 11.6 Å². The first-order chi connectivity index (χ1) is 19.8. The van der Waals surface area contributed by atoms with Gasteiger partial charge in [-0.25, -0.2) is 0 Å². The summed E-state index contributed by atoms with van der Waals surface area (Å²) in [6.07, 6.45) is 0. The molecule has 8 aromatic rings. The third-order valence-electron chi connectivity index (χ3n) is 7.76. The van der Waals surface area contributed by atoms with Crippen molar-refractivity contribution in [2.45, 2.75) is 0 Å². The molecule has 0 unspecified atom stereocenters. The molecule has 6 aromatic carbocycles. The Hall–Kier alpha value is -5.17. The zero-order valence-electron chi connectivity index (χ0n) is 21.4. The fourth-order valence-corrected chi connectivity index (χ4v) is 6.90. The highest BCUT2D eigenvalue weighted by atomic mass is 32.1. The first kappa shape index (κ1) is 22.8. The molecule has 3 heteroatoms. The Morgan fingerprint density at radius 3 is 2.10 bits per heavy atom. The maximum absolute atomic E-state index is 9.99. The molecule has 0 aliphatic rings. The average Bonchev–Trinajstić information content (AvgIpc) is 3.58. The van der Waals surface area contributed by atoms with Crippen molar-refractivity contribution in [3.05, 3.63) is 133 Å². The van der Waals surface area contributed by atoms with Gasteiger partial charge in [0.2, 0.25) is 0 Å². The number of fused-ring (bicyclic) bond motifs is 6. The fourth-order valence-electron chi connectivity index (χ4n) is 5.81. The van der Waals surface area contributed by atoms with Gasteiger partial charge in [0.15, 0.2) is 0 Å². The van der Waals surface area contributed by atoms with E-state index in [1.54, 1.807) is 0 Å². The molecule has 0 atom stereocenters. The highest BCUT2D eigenvalue weighted by Gasteiger charge is 2.15. The summed E-state index contributed by atoms with van der Waals surface area (Å²) >= 11 is 1.82. The minimum Gasteiger partial charge on any atom is -0.456 e. The van der Waals surface area contributed by atoms with E-state index < -0.39 is 0 Å². The van der Waals surface area contributed by atoms with Gasteiger partial charge >= 0.3 is 0 Å². The summed E-state index contributed by atoms with van der Waals surface area (Å²) in [5, 5.41) is 14.8. The molecule has 2 heterocycles. The second-order valence-electron chi connectivity index (χ2n) is 10.0. The van der Waals surface area contributed by atoms with Crippen LogP contribution in [0.1, 0.15) is 5.56 Å². The van der Waals surface area contributed by atoms with Gasteiger partial charge in [-0.3, -0.25) is 0 Å². The summed E-state index contributed by atoms with van der Waals surface area (Å²) in [6, 6.07) is 46.7. The SMILES string of the molecule is N#Cc1ccccc1-c1cc(-c2ccc3c(c2)oc2ccccc23)ccc1-c1ccc2sc3ccccc3c2c1. The van der Waals surface area contributed by atoms with Crippen LogP contribution in [0.3, 0.4) is 0 Å². The molecule has 0 amide bonds. The van der Waals surface area contributed by atoms with Gasteiger partial charge in [0, 0.05) is 36.5 Å². The molecule has 0 radical (unpaired) electrons. The smallest absolute Gasteiger partial charge is 0.136 e. The van der Waals surface area contributed by atoms with Crippen LogP contribution in [-0.2, 0) is 0 Å². The maximum atomic E-state index is 9.99. The third-order valence-corrected chi connectivity index (χ3v) is 8.91. The summed E-state index contributed by atoms with van der Waals surface area (Å²) < 4.78 is 8.76. The molecule has 2 aromatic heterocycles. The van der Waals surface area contributed by atoms with E-state index in [9.17, 15) is 5.26 Å². The number of benzene rings is 6. The summed E-state index contributed by atoms with van der Waals surface area (Å²) in [5.41, 5.74) is 8.80. The minimum absolute atomic E-state index is 0.663. The highest BCUT2D eigenvalue weighted by Crippen LogP contribution is 2.41. The van der Waals surface area contributed by atoms with Crippen LogP contribution < -0.4 is 0 Å². The number of hydrogen-bond donors (Lipinski definition) is 0. The topological polar surface area (TPSA) is 36.9 Å². The third kappa shape index (κ3) is 3.55. The highest BCUT2D eigenvalue weighted by molar-refractivity contribution is 7.25. The van der Waals surface area contributed by atoms with E-state index >= 15 is 0 Å². The number of nitrogens with zero attached hydrogens (tertiary/aromatic N) is 1. The maximum Gasteiger partial charge on any atom is 0.136 e. The lowest BCUT2D eigenvalue weighted by Gasteiger charge is -2.14. The molecule has 40 heavy (non-hydrogen) atoms. The van der Waals surface area contributed by atoms with E-state index in [-0.39, 0.29) is 0 Å². The van der Waals surface area contributed by atoms with Crippen LogP contribution >= 0.6 is 11.3 Å². The van der Waals surface area contributed by atoms with Crippen molar-refractivity contribution in [3.63, 3.8) is 0 Å². The Morgan fingerprint density at radius 1 is 0.475 bits per heavy atom. The Labute approximate surface area is 235 Å². The predicted octanol–water partition coefficient (Wildman–Crippen LogP) is 10.8. The van der Waals surface area contributed by atoms with Crippen LogP contribution in [0.2, 0.25) is 0 Å². The fraction of sp³-hybridized carbons (Fsp3) is 0. The van der Waals surface area contributed by atoms with Crippen LogP contribution in [0.25, 0.3) is 75.5 Å². The van der Waals surface area contributed by atoms with E-state index in [4.69, 9.17) is 4.42 Å². The van der Waals surface area contributed by atoms with Crippen LogP contribution in [0.5, 0.6) is 0 Å². The van der Waals surface area contributed by atoms with Crippen molar-refractivity contribution in [1.29, 1.82) is 5.26 Å². The van der Waals surface area contributed by atoms with Crippen LogP contribution in [0.15, 0.2) is 132 Å². The van der Waals surface area contributed by atoms with Crippen LogP contribution in [0, 0.1) is 11.3 Å². The Kier molecular flexibility index (Phi) is 5.10. The Bertz CT molecular complexity index is 2300. The van der Waals surface area contributed by atoms with E-state index in [1.807, 2.05) is 53.8 Å². The van der Waals surface area contributed by atoms with Crippen LogP contribution in [-0.4, -0.2) is 0 Å². The van der Waals surface area contributed by atoms with E-state index in [2.05, 4.69) is 91.0 Å². The van der Waals surface area contributed by atoms with Gasteiger partial charge in [-0.05, 0) is 76.3 Å². The summed E-state index contributed by atoms with van der Waals surface area (Å²) in [4.78, 5) is 0. The molecule has 0 saturated carbocycles. The number of rotatable bonds is 3. The molecular formula is C37H21NOS. The molecule has 186 valence electrons. The minimum atomic E-state index is 0.663. The molecule has 2 nitrogen and oxygen atoms in total.